The number of benzene rings is 2. The van der Waals surface area contributed by atoms with Gasteiger partial charge < -0.3 is 10.1 Å². The topological polar surface area (TPSA) is 67.2 Å². The summed E-state index contributed by atoms with van der Waals surface area (Å²) in [5.74, 6) is 2.06. The van der Waals surface area contributed by atoms with E-state index in [0.717, 1.165) is 22.5 Å². The SMILES string of the molecule is COc1ccc2c(c1)nc1nc(Nc3ccccc3)[nH]n12. The van der Waals surface area contributed by atoms with Crippen molar-refractivity contribution < 1.29 is 4.74 Å². The van der Waals surface area contributed by atoms with E-state index in [1.165, 1.54) is 0 Å². The van der Waals surface area contributed by atoms with Crippen LogP contribution >= 0.6 is 0 Å². The molecule has 0 saturated carbocycles. The van der Waals surface area contributed by atoms with Crippen molar-refractivity contribution in [1.29, 1.82) is 0 Å². The standard InChI is InChI=1S/C15H13N5O/c1-21-11-7-8-13-12(9-11)17-15-18-14(19-20(13)15)16-10-5-3-2-4-6-10/h2-9H,1H3,(H2,16,17,18,19). The second-order valence-corrected chi connectivity index (χ2v) is 4.67. The highest BCUT2D eigenvalue weighted by atomic mass is 16.5. The summed E-state index contributed by atoms with van der Waals surface area (Å²) in [7, 11) is 1.64. The quantitative estimate of drug-likeness (QED) is 0.605. The lowest BCUT2D eigenvalue weighted by Crippen LogP contribution is -1.93. The number of anilines is 2. The number of fused-ring (bicyclic) bond motifs is 3. The number of aromatic nitrogens is 4. The van der Waals surface area contributed by atoms with Crippen LogP contribution in [0.3, 0.4) is 0 Å². The summed E-state index contributed by atoms with van der Waals surface area (Å²) in [6, 6.07) is 15.6. The highest BCUT2D eigenvalue weighted by Crippen LogP contribution is 2.22. The van der Waals surface area contributed by atoms with E-state index in [-0.39, 0.29) is 0 Å². The zero-order valence-corrected chi connectivity index (χ0v) is 11.4. The van der Waals surface area contributed by atoms with Crippen molar-refractivity contribution >= 4 is 28.4 Å². The zero-order chi connectivity index (χ0) is 14.2. The fourth-order valence-electron chi connectivity index (χ4n) is 2.30. The molecule has 2 heterocycles. The number of hydrogen-bond acceptors (Lipinski definition) is 4. The average Bonchev–Trinajstić information content (AvgIpc) is 3.04. The summed E-state index contributed by atoms with van der Waals surface area (Å²) in [6.07, 6.45) is 0. The van der Waals surface area contributed by atoms with Gasteiger partial charge in [0, 0.05) is 11.8 Å². The molecule has 0 spiro atoms. The Morgan fingerprint density at radius 2 is 1.95 bits per heavy atom. The smallest absolute Gasteiger partial charge is 0.253 e. The van der Waals surface area contributed by atoms with Gasteiger partial charge >= 0.3 is 0 Å². The fourth-order valence-corrected chi connectivity index (χ4v) is 2.30. The van der Waals surface area contributed by atoms with Crippen LogP contribution in [-0.4, -0.2) is 26.7 Å². The third-order valence-corrected chi connectivity index (χ3v) is 3.31. The molecule has 2 N–H and O–H groups in total. The number of nitrogens with zero attached hydrogens (tertiary/aromatic N) is 3. The Hall–Kier alpha value is -3.02. The molecular formula is C15H13N5O. The lowest BCUT2D eigenvalue weighted by Gasteiger charge is -2.01. The molecule has 6 heteroatoms. The molecule has 0 bridgehead atoms. The highest BCUT2D eigenvalue weighted by molar-refractivity contribution is 5.81. The van der Waals surface area contributed by atoms with Gasteiger partial charge in [-0.05, 0) is 24.3 Å². The van der Waals surface area contributed by atoms with E-state index >= 15 is 0 Å². The summed E-state index contributed by atoms with van der Waals surface area (Å²) in [5.41, 5.74) is 2.78. The Morgan fingerprint density at radius 3 is 2.76 bits per heavy atom. The van der Waals surface area contributed by atoms with Crippen molar-refractivity contribution in [2.75, 3.05) is 12.4 Å². The van der Waals surface area contributed by atoms with Crippen LogP contribution < -0.4 is 10.1 Å². The van der Waals surface area contributed by atoms with Gasteiger partial charge in [-0.1, -0.05) is 18.2 Å². The van der Waals surface area contributed by atoms with Gasteiger partial charge in [-0.25, -0.2) is 9.50 Å². The molecule has 0 aliphatic heterocycles. The maximum absolute atomic E-state index is 5.21. The van der Waals surface area contributed by atoms with Gasteiger partial charge in [0.1, 0.15) is 5.75 Å². The molecule has 0 aliphatic rings. The van der Waals surface area contributed by atoms with Crippen LogP contribution in [0.4, 0.5) is 11.6 Å². The second-order valence-electron chi connectivity index (χ2n) is 4.67. The predicted molar refractivity (Wildman–Crippen MR) is 81.1 cm³/mol. The molecule has 2 aromatic carbocycles. The minimum Gasteiger partial charge on any atom is -0.497 e. The summed E-state index contributed by atoms with van der Waals surface area (Å²) in [5, 5.41) is 6.41. The Labute approximate surface area is 120 Å². The number of hydrogen-bond donors (Lipinski definition) is 2. The minimum atomic E-state index is 0.622. The normalized spacial score (nSPS) is 11.1. The third-order valence-electron chi connectivity index (χ3n) is 3.31. The van der Waals surface area contributed by atoms with E-state index in [4.69, 9.17) is 4.74 Å². The first kappa shape index (κ1) is 11.8. The van der Waals surface area contributed by atoms with Crippen molar-refractivity contribution in [2.45, 2.75) is 0 Å². The molecule has 2 aromatic heterocycles. The molecule has 104 valence electrons. The van der Waals surface area contributed by atoms with Crippen LogP contribution in [0.2, 0.25) is 0 Å². The Balaban J connectivity index is 1.77. The molecule has 0 atom stereocenters. The molecule has 0 amide bonds. The van der Waals surface area contributed by atoms with Crippen LogP contribution in [0.5, 0.6) is 5.75 Å². The lowest BCUT2D eigenvalue weighted by atomic mass is 10.3. The van der Waals surface area contributed by atoms with Crippen molar-refractivity contribution in [3.8, 4) is 5.75 Å². The van der Waals surface area contributed by atoms with Crippen LogP contribution in [0.25, 0.3) is 16.8 Å². The molecule has 0 radical (unpaired) electrons. The largest absolute Gasteiger partial charge is 0.497 e. The third kappa shape index (κ3) is 1.97. The van der Waals surface area contributed by atoms with Crippen LogP contribution in [-0.2, 0) is 0 Å². The van der Waals surface area contributed by atoms with Crippen LogP contribution in [0.15, 0.2) is 48.5 Å². The lowest BCUT2D eigenvalue weighted by molar-refractivity contribution is 0.415. The van der Waals surface area contributed by atoms with Crippen molar-refractivity contribution in [2.24, 2.45) is 0 Å². The number of nitrogens with one attached hydrogen (secondary N) is 2. The minimum absolute atomic E-state index is 0.622. The van der Waals surface area contributed by atoms with Crippen molar-refractivity contribution in [1.82, 2.24) is 19.6 Å². The van der Waals surface area contributed by atoms with Gasteiger partial charge in [0.2, 0.25) is 5.95 Å². The molecule has 6 nitrogen and oxygen atoms in total. The predicted octanol–water partition coefficient (Wildman–Crippen LogP) is 2.96. The van der Waals surface area contributed by atoms with E-state index in [1.807, 2.05) is 53.0 Å². The van der Waals surface area contributed by atoms with Gasteiger partial charge in [0.25, 0.3) is 5.78 Å². The Morgan fingerprint density at radius 1 is 1.10 bits per heavy atom. The van der Waals surface area contributed by atoms with Gasteiger partial charge in [0.15, 0.2) is 0 Å². The molecule has 4 aromatic rings. The maximum Gasteiger partial charge on any atom is 0.253 e. The number of H-pyrrole nitrogens is 1. The van der Waals surface area contributed by atoms with Gasteiger partial charge in [-0.3, -0.25) is 5.10 Å². The number of methoxy groups -OCH3 is 1. The first-order valence-corrected chi connectivity index (χ1v) is 6.58. The van der Waals surface area contributed by atoms with E-state index in [1.54, 1.807) is 7.11 Å². The molecule has 0 unspecified atom stereocenters. The molecule has 0 fully saturated rings. The molecule has 0 aliphatic carbocycles. The highest BCUT2D eigenvalue weighted by Gasteiger charge is 2.10. The van der Waals surface area contributed by atoms with E-state index in [2.05, 4.69) is 20.4 Å². The number of aromatic amines is 1. The molecule has 21 heavy (non-hydrogen) atoms. The van der Waals surface area contributed by atoms with E-state index < -0.39 is 0 Å². The Kier molecular flexibility index (Phi) is 2.53. The summed E-state index contributed by atoms with van der Waals surface area (Å²) in [6.45, 7) is 0. The fraction of sp³-hybridized carbons (Fsp3) is 0.0667. The van der Waals surface area contributed by atoms with Gasteiger partial charge in [-0.15, -0.1) is 0 Å². The van der Waals surface area contributed by atoms with Crippen LogP contribution in [0, 0.1) is 0 Å². The average molecular weight is 279 g/mol. The number of ether oxygens (including phenoxy) is 1. The molecule has 4 rings (SSSR count). The number of para-hydroxylation sites is 1. The summed E-state index contributed by atoms with van der Waals surface area (Å²) in [4.78, 5) is 8.93. The summed E-state index contributed by atoms with van der Waals surface area (Å²) < 4.78 is 7.05. The van der Waals surface area contributed by atoms with Gasteiger partial charge in [0.05, 0.1) is 18.1 Å². The molecule has 0 saturated heterocycles. The maximum atomic E-state index is 5.21. The Bertz CT molecular complexity index is 910. The van der Waals surface area contributed by atoms with E-state index in [9.17, 15) is 0 Å². The zero-order valence-electron chi connectivity index (χ0n) is 11.4. The first-order chi connectivity index (χ1) is 10.3. The summed E-state index contributed by atoms with van der Waals surface area (Å²) >= 11 is 0. The van der Waals surface area contributed by atoms with Crippen LogP contribution in [0.1, 0.15) is 0 Å². The van der Waals surface area contributed by atoms with Crippen molar-refractivity contribution in [3.63, 3.8) is 0 Å². The first-order valence-electron chi connectivity index (χ1n) is 6.58. The second kappa shape index (κ2) is 4.52. The number of imidazole rings is 1. The van der Waals surface area contributed by atoms with E-state index in [0.29, 0.717) is 11.7 Å². The molecular weight excluding hydrogens is 266 g/mol. The number of rotatable bonds is 3. The monoisotopic (exact) mass is 279 g/mol. The van der Waals surface area contributed by atoms with Gasteiger partial charge in [-0.2, -0.15) is 4.98 Å². The van der Waals surface area contributed by atoms with Crippen molar-refractivity contribution in [3.05, 3.63) is 48.5 Å².